The molecule has 0 amide bonds. The Balaban J connectivity index is 1.77. The lowest BCUT2D eigenvalue weighted by atomic mass is 9.71. The van der Waals surface area contributed by atoms with Crippen molar-refractivity contribution in [2.75, 3.05) is 20.8 Å². The predicted molar refractivity (Wildman–Crippen MR) is 141 cm³/mol. The highest BCUT2D eigenvalue weighted by atomic mass is 16.6. The van der Waals surface area contributed by atoms with Crippen molar-refractivity contribution < 1.29 is 28.7 Å². The molecule has 0 radical (unpaired) electrons. The number of methoxy groups -OCH3 is 2. The number of nitrogens with zero attached hydrogens (tertiary/aromatic N) is 1. The summed E-state index contributed by atoms with van der Waals surface area (Å²) in [6.07, 6.45) is 2.33. The van der Waals surface area contributed by atoms with Crippen molar-refractivity contribution in [3.63, 3.8) is 0 Å². The van der Waals surface area contributed by atoms with E-state index >= 15 is 0 Å². The molecular formula is C29H32N2O7. The second-order valence-corrected chi connectivity index (χ2v) is 9.47. The molecule has 2 aromatic carbocycles. The molecule has 1 N–H and O–H groups in total. The minimum atomic E-state index is -0.765. The number of esters is 1. The van der Waals surface area contributed by atoms with Crippen LogP contribution in [0.1, 0.15) is 62.5 Å². The zero-order valence-electron chi connectivity index (χ0n) is 22.0. The Bertz CT molecular complexity index is 1330. The molecule has 9 heteroatoms. The van der Waals surface area contributed by atoms with Gasteiger partial charge in [-0.1, -0.05) is 31.5 Å². The number of nitro groups is 1. The minimum Gasteiger partial charge on any atom is -0.493 e. The average Bonchev–Trinajstić information content (AvgIpc) is 2.91. The largest absolute Gasteiger partial charge is 0.493 e. The Kier molecular flexibility index (Phi) is 8.14. The van der Waals surface area contributed by atoms with Crippen molar-refractivity contribution in [2.45, 2.75) is 51.4 Å². The minimum absolute atomic E-state index is 0.106. The highest BCUT2D eigenvalue weighted by Gasteiger charge is 2.42. The lowest BCUT2D eigenvalue weighted by Crippen LogP contribution is -2.36. The van der Waals surface area contributed by atoms with Gasteiger partial charge in [-0.2, -0.15) is 0 Å². The quantitative estimate of drug-likeness (QED) is 0.204. The molecule has 0 fully saturated rings. The first-order chi connectivity index (χ1) is 18.3. The van der Waals surface area contributed by atoms with Gasteiger partial charge in [-0.15, -0.1) is 0 Å². The molecule has 0 bridgehead atoms. The fourth-order valence-corrected chi connectivity index (χ4v) is 5.19. The van der Waals surface area contributed by atoms with Crippen LogP contribution in [0.25, 0.3) is 0 Å². The summed E-state index contributed by atoms with van der Waals surface area (Å²) in [6.45, 7) is 4.03. The molecule has 38 heavy (non-hydrogen) atoms. The monoisotopic (exact) mass is 520 g/mol. The number of Topliss-reactive ketones (excluding diaryl/α,β-unsaturated/α-hetero) is 1. The molecule has 0 saturated carbocycles. The van der Waals surface area contributed by atoms with Crippen LogP contribution in [0, 0.1) is 10.1 Å². The lowest BCUT2D eigenvalue weighted by molar-refractivity contribution is -0.384. The third-order valence-corrected chi connectivity index (χ3v) is 7.07. The summed E-state index contributed by atoms with van der Waals surface area (Å²) < 4.78 is 16.3. The van der Waals surface area contributed by atoms with Crippen LogP contribution in [0.5, 0.6) is 11.5 Å². The molecule has 1 aliphatic heterocycles. The van der Waals surface area contributed by atoms with Crippen molar-refractivity contribution in [3.8, 4) is 11.5 Å². The third kappa shape index (κ3) is 5.27. The molecule has 200 valence electrons. The maximum Gasteiger partial charge on any atom is 0.336 e. The van der Waals surface area contributed by atoms with Gasteiger partial charge in [0, 0.05) is 41.4 Å². The molecule has 0 unspecified atom stereocenters. The fraction of sp³-hybridized carbons (Fsp3) is 0.379. The number of benzene rings is 2. The Morgan fingerprint density at radius 3 is 2.53 bits per heavy atom. The highest BCUT2D eigenvalue weighted by Crippen LogP contribution is 2.47. The van der Waals surface area contributed by atoms with Gasteiger partial charge in [0.2, 0.25) is 0 Å². The smallest absolute Gasteiger partial charge is 0.336 e. The number of rotatable bonds is 9. The molecule has 1 heterocycles. The average molecular weight is 521 g/mol. The summed E-state index contributed by atoms with van der Waals surface area (Å²) in [4.78, 5) is 38.1. The Labute approximate surface area is 221 Å². The van der Waals surface area contributed by atoms with Gasteiger partial charge in [0.15, 0.2) is 17.3 Å². The molecule has 9 nitrogen and oxygen atoms in total. The van der Waals surface area contributed by atoms with Crippen LogP contribution in [-0.2, 0) is 14.3 Å². The number of nitrogens with one attached hydrogen (secondary N) is 1. The Morgan fingerprint density at radius 1 is 1.08 bits per heavy atom. The van der Waals surface area contributed by atoms with E-state index in [1.807, 2.05) is 25.1 Å². The summed E-state index contributed by atoms with van der Waals surface area (Å²) >= 11 is 0. The molecule has 0 aromatic heterocycles. The number of carbonyl (C=O) groups is 2. The van der Waals surface area contributed by atoms with E-state index in [1.54, 1.807) is 33.3 Å². The van der Waals surface area contributed by atoms with Crippen LogP contribution in [0.4, 0.5) is 5.69 Å². The first-order valence-electron chi connectivity index (χ1n) is 12.7. The first kappa shape index (κ1) is 26.9. The van der Waals surface area contributed by atoms with Gasteiger partial charge >= 0.3 is 5.97 Å². The number of allylic oxidation sites excluding steroid dienone is 3. The van der Waals surface area contributed by atoms with E-state index in [-0.39, 0.29) is 30.4 Å². The number of carbonyl (C=O) groups excluding carboxylic acids is 2. The maximum absolute atomic E-state index is 13.8. The molecule has 4 rings (SSSR count). The van der Waals surface area contributed by atoms with Gasteiger partial charge < -0.3 is 19.5 Å². The zero-order chi connectivity index (χ0) is 27.4. The maximum atomic E-state index is 13.8. The van der Waals surface area contributed by atoms with Gasteiger partial charge in [-0.25, -0.2) is 4.79 Å². The molecule has 2 atom stereocenters. The second kappa shape index (κ2) is 11.5. The zero-order valence-corrected chi connectivity index (χ0v) is 22.0. The number of ketones is 1. The number of nitro benzene ring substituents is 1. The van der Waals surface area contributed by atoms with Crippen LogP contribution in [0.15, 0.2) is 65.0 Å². The van der Waals surface area contributed by atoms with Crippen LogP contribution in [-0.4, -0.2) is 37.5 Å². The summed E-state index contributed by atoms with van der Waals surface area (Å²) in [6, 6.07) is 11.7. The molecule has 2 aliphatic rings. The number of hydrogen-bond acceptors (Lipinski definition) is 8. The van der Waals surface area contributed by atoms with Crippen LogP contribution in [0.2, 0.25) is 0 Å². The van der Waals surface area contributed by atoms with Crippen molar-refractivity contribution in [1.82, 2.24) is 5.32 Å². The predicted octanol–water partition coefficient (Wildman–Crippen LogP) is 5.32. The van der Waals surface area contributed by atoms with Crippen molar-refractivity contribution in [2.24, 2.45) is 0 Å². The van der Waals surface area contributed by atoms with E-state index in [0.29, 0.717) is 52.4 Å². The number of non-ortho nitro benzene ring substituents is 1. The number of unbranched alkanes of at least 4 members (excludes halogenated alkanes) is 1. The summed E-state index contributed by atoms with van der Waals surface area (Å²) in [5.74, 6) is -0.353. The van der Waals surface area contributed by atoms with E-state index in [2.05, 4.69) is 5.32 Å². The third-order valence-electron chi connectivity index (χ3n) is 7.07. The first-order valence-corrected chi connectivity index (χ1v) is 12.7. The molecule has 0 saturated heterocycles. The van der Waals surface area contributed by atoms with Crippen LogP contribution in [0.3, 0.4) is 0 Å². The van der Waals surface area contributed by atoms with E-state index in [4.69, 9.17) is 14.2 Å². The van der Waals surface area contributed by atoms with E-state index < -0.39 is 16.8 Å². The van der Waals surface area contributed by atoms with Gasteiger partial charge in [0.1, 0.15) is 0 Å². The van der Waals surface area contributed by atoms with Crippen LogP contribution < -0.4 is 14.8 Å². The fourth-order valence-electron chi connectivity index (χ4n) is 5.19. The Hall–Kier alpha value is -4.14. The molecular weight excluding hydrogens is 488 g/mol. The van der Waals surface area contributed by atoms with Gasteiger partial charge in [0.05, 0.1) is 31.3 Å². The second-order valence-electron chi connectivity index (χ2n) is 9.47. The molecule has 2 aromatic rings. The highest BCUT2D eigenvalue weighted by molar-refractivity contribution is 6.04. The standard InChI is InChI=1S/C29H32N2O7/c1-5-6-12-38-29(33)26-17(2)30-22-14-20(18-10-11-24(36-3)25(16-18)37-4)15-23(32)28(22)27(26)19-8-7-9-21(13-19)31(34)35/h7-11,13,16,20,27,30H,5-6,12,14-15H2,1-4H3/t20-,27+/m0/s1. The number of ether oxygens (including phenoxy) is 3. The van der Waals surface area contributed by atoms with Gasteiger partial charge in [0.25, 0.3) is 5.69 Å². The van der Waals surface area contributed by atoms with Crippen molar-refractivity contribution >= 4 is 17.4 Å². The number of dihydropyridines is 1. The summed E-state index contributed by atoms with van der Waals surface area (Å²) in [7, 11) is 3.13. The van der Waals surface area contributed by atoms with E-state index in [0.717, 1.165) is 12.0 Å². The van der Waals surface area contributed by atoms with E-state index in [9.17, 15) is 19.7 Å². The summed E-state index contributed by atoms with van der Waals surface area (Å²) in [5, 5.41) is 14.8. The van der Waals surface area contributed by atoms with Crippen molar-refractivity contribution in [1.29, 1.82) is 0 Å². The van der Waals surface area contributed by atoms with E-state index in [1.165, 1.54) is 12.1 Å². The van der Waals surface area contributed by atoms with Crippen LogP contribution >= 0.6 is 0 Å². The normalized spacial score (nSPS) is 19.0. The Morgan fingerprint density at radius 2 is 1.84 bits per heavy atom. The van der Waals surface area contributed by atoms with Crippen molar-refractivity contribution in [3.05, 3.63) is 86.2 Å². The lowest BCUT2D eigenvalue weighted by Gasteiger charge is -2.36. The summed E-state index contributed by atoms with van der Waals surface area (Å²) in [5.41, 5.74) is 3.37. The van der Waals surface area contributed by atoms with Gasteiger partial charge in [-0.05, 0) is 48.9 Å². The van der Waals surface area contributed by atoms with Gasteiger partial charge in [-0.3, -0.25) is 14.9 Å². The SMILES string of the molecule is CCCCOC(=O)C1=C(C)NC2=C(C(=O)C[C@@H](c3ccc(OC)c(OC)c3)C2)[C@@H]1c1cccc([N+](=O)[O-])c1. The topological polar surface area (TPSA) is 117 Å². The molecule has 1 aliphatic carbocycles. The number of hydrogen-bond donors (Lipinski definition) is 1. The molecule has 0 spiro atoms.